The highest BCUT2D eigenvalue weighted by Gasteiger charge is 2.30. The van der Waals surface area contributed by atoms with Gasteiger partial charge in [0.2, 0.25) is 5.91 Å². The first kappa shape index (κ1) is 16.0. The zero-order valence-corrected chi connectivity index (χ0v) is 13.3. The minimum Gasteiger partial charge on any atom is -0.396 e. The predicted molar refractivity (Wildman–Crippen MR) is 85.4 cm³/mol. The van der Waals surface area contributed by atoms with Gasteiger partial charge in [-0.15, -0.1) is 0 Å². The van der Waals surface area contributed by atoms with E-state index < -0.39 is 0 Å². The topological polar surface area (TPSA) is 52.6 Å². The largest absolute Gasteiger partial charge is 0.396 e. The van der Waals surface area contributed by atoms with Crippen LogP contribution in [0.2, 0.25) is 0 Å². The zero-order chi connectivity index (χ0) is 15.5. The van der Waals surface area contributed by atoms with E-state index in [0.717, 1.165) is 42.7 Å². The molecule has 0 aliphatic carbocycles. The fourth-order valence-electron chi connectivity index (χ4n) is 3.14. The van der Waals surface area contributed by atoms with Crippen LogP contribution in [0, 0.1) is 19.3 Å². The summed E-state index contributed by atoms with van der Waals surface area (Å²) in [5.41, 5.74) is 3.09. The van der Waals surface area contributed by atoms with E-state index in [1.807, 2.05) is 26.0 Å². The molecule has 1 unspecified atom stereocenters. The molecule has 1 amide bonds. The number of piperidine rings is 1. The molecule has 0 saturated carbocycles. The van der Waals surface area contributed by atoms with E-state index in [1.165, 1.54) is 0 Å². The summed E-state index contributed by atoms with van der Waals surface area (Å²) >= 11 is 0. The number of rotatable bonds is 4. The number of hydrogen-bond donors (Lipinski definition) is 2. The summed E-state index contributed by atoms with van der Waals surface area (Å²) in [7, 11) is 0. The number of carbonyl (C=O) groups is 1. The predicted octanol–water partition coefficient (Wildman–Crippen LogP) is 2.34. The lowest BCUT2D eigenvalue weighted by Crippen LogP contribution is -2.46. The van der Waals surface area contributed by atoms with Crippen molar-refractivity contribution in [3.8, 4) is 0 Å². The second-order valence-electron chi connectivity index (χ2n) is 6.71. The molecule has 116 valence electrons. The van der Waals surface area contributed by atoms with E-state index in [4.69, 9.17) is 0 Å². The van der Waals surface area contributed by atoms with Crippen molar-refractivity contribution in [1.29, 1.82) is 0 Å². The fourth-order valence-corrected chi connectivity index (χ4v) is 3.14. The molecule has 1 atom stereocenters. The monoisotopic (exact) mass is 290 g/mol. The highest BCUT2D eigenvalue weighted by Crippen LogP contribution is 2.28. The van der Waals surface area contributed by atoms with Crippen molar-refractivity contribution >= 4 is 11.6 Å². The molecule has 1 aliphatic rings. The first-order chi connectivity index (χ1) is 9.90. The molecule has 4 heteroatoms. The molecule has 1 aromatic carbocycles. The van der Waals surface area contributed by atoms with E-state index in [-0.39, 0.29) is 17.9 Å². The maximum atomic E-state index is 12.2. The van der Waals surface area contributed by atoms with Crippen LogP contribution >= 0.6 is 0 Å². The Bertz CT molecular complexity index is 495. The van der Waals surface area contributed by atoms with Crippen LogP contribution in [-0.2, 0) is 4.79 Å². The number of benzene rings is 1. The van der Waals surface area contributed by atoms with Crippen molar-refractivity contribution < 1.29 is 9.90 Å². The van der Waals surface area contributed by atoms with Crippen LogP contribution in [0.3, 0.4) is 0 Å². The lowest BCUT2D eigenvalue weighted by molar-refractivity contribution is -0.118. The normalized spacial score (nSPS) is 23.0. The van der Waals surface area contributed by atoms with Crippen LogP contribution in [0.25, 0.3) is 0 Å². The SMILES string of the molecule is Cc1cc(C)cc(NC(=O)CN2CCCC(C)(CO)C2)c1. The number of likely N-dealkylation sites (tertiary alicyclic amines) is 1. The number of nitrogens with zero attached hydrogens (tertiary/aromatic N) is 1. The van der Waals surface area contributed by atoms with Crippen molar-refractivity contribution in [2.24, 2.45) is 5.41 Å². The van der Waals surface area contributed by atoms with E-state index >= 15 is 0 Å². The Balaban J connectivity index is 1.92. The molecule has 4 nitrogen and oxygen atoms in total. The summed E-state index contributed by atoms with van der Waals surface area (Å²) in [6, 6.07) is 6.06. The molecule has 21 heavy (non-hydrogen) atoms. The molecule has 0 aromatic heterocycles. The van der Waals surface area contributed by atoms with Crippen LogP contribution < -0.4 is 5.32 Å². The molecular formula is C17H26N2O2. The number of amides is 1. The molecule has 2 rings (SSSR count). The molecule has 0 radical (unpaired) electrons. The average Bonchev–Trinajstić information content (AvgIpc) is 2.37. The number of carbonyl (C=O) groups excluding carboxylic acids is 1. The average molecular weight is 290 g/mol. The van der Waals surface area contributed by atoms with Crippen LogP contribution in [0.5, 0.6) is 0 Å². The molecule has 0 spiro atoms. The van der Waals surface area contributed by atoms with Gasteiger partial charge in [0.25, 0.3) is 0 Å². The van der Waals surface area contributed by atoms with Gasteiger partial charge >= 0.3 is 0 Å². The number of aliphatic hydroxyl groups is 1. The van der Waals surface area contributed by atoms with Gasteiger partial charge in [0.15, 0.2) is 0 Å². The summed E-state index contributed by atoms with van der Waals surface area (Å²) < 4.78 is 0. The number of hydrogen-bond acceptors (Lipinski definition) is 3. The van der Waals surface area contributed by atoms with Crippen molar-refractivity contribution in [3.63, 3.8) is 0 Å². The van der Waals surface area contributed by atoms with Gasteiger partial charge in [-0.05, 0) is 56.5 Å². The molecule has 2 N–H and O–H groups in total. The number of anilines is 1. The Kier molecular flexibility index (Phi) is 5.01. The van der Waals surface area contributed by atoms with E-state index in [2.05, 4.69) is 23.2 Å². The summed E-state index contributed by atoms with van der Waals surface area (Å²) in [4.78, 5) is 14.3. The van der Waals surface area contributed by atoms with Gasteiger partial charge in [-0.2, -0.15) is 0 Å². The van der Waals surface area contributed by atoms with Crippen molar-refractivity contribution in [3.05, 3.63) is 29.3 Å². The highest BCUT2D eigenvalue weighted by atomic mass is 16.3. The minimum atomic E-state index is -0.0710. The van der Waals surface area contributed by atoms with Crippen molar-refractivity contribution in [2.75, 3.05) is 31.6 Å². The third-order valence-corrected chi connectivity index (χ3v) is 4.11. The summed E-state index contributed by atoms with van der Waals surface area (Å²) in [6.45, 7) is 8.42. The Labute approximate surface area is 127 Å². The van der Waals surface area contributed by atoms with Crippen LogP contribution in [0.1, 0.15) is 30.9 Å². The molecule has 0 bridgehead atoms. The van der Waals surface area contributed by atoms with Crippen LogP contribution in [-0.4, -0.2) is 42.2 Å². The van der Waals surface area contributed by atoms with E-state index in [1.54, 1.807) is 0 Å². The summed E-state index contributed by atoms with van der Waals surface area (Å²) in [5, 5.41) is 12.4. The lowest BCUT2D eigenvalue weighted by Gasteiger charge is -2.38. The maximum Gasteiger partial charge on any atom is 0.238 e. The van der Waals surface area contributed by atoms with Crippen molar-refractivity contribution in [2.45, 2.75) is 33.6 Å². The maximum absolute atomic E-state index is 12.2. The smallest absolute Gasteiger partial charge is 0.238 e. The molecule has 1 heterocycles. The van der Waals surface area contributed by atoms with Gasteiger partial charge in [0.1, 0.15) is 0 Å². The van der Waals surface area contributed by atoms with Gasteiger partial charge in [0, 0.05) is 24.3 Å². The van der Waals surface area contributed by atoms with Crippen LogP contribution in [0.15, 0.2) is 18.2 Å². The summed E-state index contributed by atoms with van der Waals surface area (Å²) in [5.74, 6) is 0.0159. The first-order valence-corrected chi connectivity index (χ1v) is 7.62. The third kappa shape index (κ3) is 4.55. The Morgan fingerprint density at radius 3 is 2.62 bits per heavy atom. The number of aryl methyl sites for hydroxylation is 2. The lowest BCUT2D eigenvalue weighted by atomic mass is 9.83. The van der Waals surface area contributed by atoms with E-state index in [9.17, 15) is 9.90 Å². The molecular weight excluding hydrogens is 264 g/mol. The molecule has 1 aromatic rings. The van der Waals surface area contributed by atoms with Gasteiger partial charge in [-0.3, -0.25) is 9.69 Å². The third-order valence-electron chi connectivity index (χ3n) is 4.11. The van der Waals surface area contributed by atoms with Gasteiger partial charge in [-0.25, -0.2) is 0 Å². The number of nitrogens with one attached hydrogen (secondary N) is 1. The minimum absolute atomic E-state index is 0.0159. The van der Waals surface area contributed by atoms with Gasteiger partial charge in [-0.1, -0.05) is 13.0 Å². The standard InChI is InChI=1S/C17H26N2O2/c1-13-7-14(2)9-15(8-13)18-16(21)10-19-6-4-5-17(3,11-19)12-20/h7-9,20H,4-6,10-12H2,1-3H3,(H,18,21). The molecule has 1 aliphatic heterocycles. The molecule has 1 fully saturated rings. The number of aliphatic hydroxyl groups excluding tert-OH is 1. The summed E-state index contributed by atoms with van der Waals surface area (Å²) in [6.07, 6.45) is 2.06. The van der Waals surface area contributed by atoms with Gasteiger partial charge in [0.05, 0.1) is 6.54 Å². The Morgan fingerprint density at radius 2 is 2.00 bits per heavy atom. The second kappa shape index (κ2) is 6.58. The fraction of sp³-hybridized carbons (Fsp3) is 0.588. The first-order valence-electron chi connectivity index (χ1n) is 7.62. The zero-order valence-electron chi connectivity index (χ0n) is 13.3. The Morgan fingerprint density at radius 1 is 1.33 bits per heavy atom. The van der Waals surface area contributed by atoms with E-state index in [0.29, 0.717) is 6.54 Å². The van der Waals surface area contributed by atoms with Crippen molar-refractivity contribution in [1.82, 2.24) is 4.90 Å². The quantitative estimate of drug-likeness (QED) is 0.895. The highest BCUT2D eigenvalue weighted by molar-refractivity contribution is 5.92. The molecule has 1 saturated heterocycles. The Hall–Kier alpha value is -1.39. The van der Waals surface area contributed by atoms with Crippen LogP contribution in [0.4, 0.5) is 5.69 Å². The van der Waals surface area contributed by atoms with Gasteiger partial charge < -0.3 is 10.4 Å². The second-order valence-corrected chi connectivity index (χ2v) is 6.71.